The summed E-state index contributed by atoms with van der Waals surface area (Å²) in [6, 6.07) is 12.2. The molecule has 0 aliphatic heterocycles. The summed E-state index contributed by atoms with van der Waals surface area (Å²) in [6.45, 7) is 0. The van der Waals surface area contributed by atoms with E-state index in [9.17, 15) is 13.2 Å². The fourth-order valence-electron chi connectivity index (χ4n) is 3.21. The number of amides is 1. The number of fused-ring (bicyclic) bond motifs is 1. The molecule has 26 heavy (non-hydrogen) atoms. The number of rotatable bonds is 4. The van der Waals surface area contributed by atoms with E-state index in [1.54, 1.807) is 24.3 Å². The Labute approximate surface area is 159 Å². The van der Waals surface area contributed by atoms with Crippen LogP contribution in [0.1, 0.15) is 45.9 Å². The van der Waals surface area contributed by atoms with Crippen molar-refractivity contribution in [2.45, 2.75) is 31.1 Å². The van der Waals surface area contributed by atoms with E-state index in [1.165, 1.54) is 5.56 Å². The Bertz CT molecular complexity index is 898. The minimum absolute atomic E-state index is 0. The molecule has 1 atom stereocenters. The minimum atomic E-state index is -3.58. The number of nitrogen functional groups attached to an aromatic ring is 1. The third-order valence-corrected chi connectivity index (χ3v) is 5.11. The van der Waals surface area contributed by atoms with Crippen molar-refractivity contribution < 1.29 is 13.2 Å². The van der Waals surface area contributed by atoms with Crippen molar-refractivity contribution >= 4 is 34.0 Å². The second-order valence-electron chi connectivity index (χ2n) is 6.38. The smallest absolute Gasteiger partial charge is 0.251 e. The van der Waals surface area contributed by atoms with Gasteiger partial charge < -0.3 is 11.1 Å². The molecule has 2 aromatic carbocycles. The average Bonchev–Trinajstić information content (AvgIpc) is 2.54. The Kier molecular flexibility index (Phi) is 6.28. The zero-order valence-corrected chi connectivity index (χ0v) is 15.8. The highest BCUT2D eigenvalue weighted by Crippen LogP contribution is 2.31. The van der Waals surface area contributed by atoms with E-state index in [0.29, 0.717) is 11.1 Å². The van der Waals surface area contributed by atoms with Crippen molar-refractivity contribution in [1.82, 2.24) is 5.32 Å². The van der Waals surface area contributed by atoms with Crippen LogP contribution in [0.5, 0.6) is 0 Å². The molecule has 2 aromatic rings. The Morgan fingerprint density at radius 2 is 1.85 bits per heavy atom. The Hall–Kier alpha value is -2.09. The number of halogens is 1. The van der Waals surface area contributed by atoms with Gasteiger partial charge in [-0.15, -0.1) is 12.4 Å². The molecule has 5 N–H and O–H groups in total. The number of hydrogen-bond acceptors (Lipinski definition) is 4. The summed E-state index contributed by atoms with van der Waals surface area (Å²) in [5.74, 6) is -0.427. The van der Waals surface area contributed by atoms with Crippen molar-refractivity contribution in [3.05, 3.63) is 64.7 Å². The van der Waals surface area contributed by atoms with Gasteiger partial charge in [-0.3, -0.25) is 4.79 Å². The first-order valence-corrected chi connectivity index (χ1v) is 9.82. The van der Waals surface area contributed by atoms with E-state index in [0.717, 1.165) is 30.5 Å². The third kappa shape index (κ3) is 4.97. The van der Waals surface area contributed by atoms with E-state index in [-0.39, 0.29) is 30.1 Å². The lowest BCUT2D eigenvalue weighted by atomic mass is 9.87. The molecule has 8 heteroatoms. The summed E-state index contributed by atoms with van der Waals surface area (Å²) in [4.78, 5) is 12.5. The highest BCUT2D eigenvalue weighted by molar-refractivity contribution is 7.88. The van der Waals surface area contributed by atoms with E-state index < -0.39 is 10.0 Å². The molecule has 140 valence electrons. The molecular weight excluding hydrogens is 374 g/mol. The van der Waals surface area contributed by atoms with E-state index >= 15 is 0 Å². The standard InChI is InChI=1S/C18H21N3O3S.ClH/c19-15-8-9-16-14(10-15)2-1-3-17(16)21-18(22)13-6-4-12(5-7-13)11-25(20,23)24;/h4-10,17H,1-3,11,19H2,(H,21,22)(H2,20,23,24);1H. The number of sulfonamides is 1. The van der Waals surface area contributed by atoms with Crippen molar-refractivity contribution in [2.75, 3.05) is 5.73 Å². The van der Waals surface area contributed by atoms with Crippen LogP contribution in [0.15, 0.2) is 42.5 Å². The number of aryl methyl sites for hydroxylation is 1. The summed E-state index contributed by atoms with van der Waals surface area (Å²) in [5.41, 5.74) is 9.90. The lowest BCUT2D eigenvalue weighted by Crippen LogP contribution is -2.31. The lowest BCUT2D eigenvalue weighted by molar-refractivity contribution is 0.0932. The van der Waals surface area contributed by atoms with Gasteiger partial charge in [0.05, 0.1) is 11.8 Å². The Morgan fingerprint density at radius 1 is 1.15 bits per heavy atom. The normalized spacial score (nSPS) is 16.3. The predicted octanol–water partition coefficient (Wildman–Crippen LogP) is 2.29. The summed E-state index contributed by atoms with van der Waals surface area (Å²) >= 11 is 0. The van der Waals surface area contributed by atoms with Gasteiger partial charge in [-0.05, 0) is 60.2 Å². The van der Waals surface area contributed by atoms with Crippen LogP contribution in [0.3, 0.4) is 0 Å². The number of benzene rings is 2. The number of anilines is 1. The van der Waals surface area contributed by atoms with Gasteiger partial charge in [0, 0.05) is 11.3 Å². The number of carbonyl (C=O) groups excluding carboxylic acids is 1. The van der Waals surface area contributed by atoms with Gasteiger partial charge in [0.15, 0.2) is 0 Å². The van der Waals surface area contributed by atoms with Gasteiger partial charge in [-0.25, -0.2) is 13.6 Å². The van der Waals surface area contributed by atoms with Gasteiger partial charge >= 0.3 is 0 Å². The Morgan fingerprint density at radius 3 is 2.50 bits per heavy atom. The molecule has 0 radical (unpaired) electrons. The molecule has 1 amide bonds. The van der Waals surface area contributed by atoms with E-state index in [1.807, 2.05) is 18.2 Å². The molecule has 1 aliphatic rings. The maximum absolute atomic E-state index is 12.5. The largest absolute Gasteiger partial charge is 0.399 e. The fourth-order valence-corrected chi connectivity index (χ4v) is 3.87. The van der Waals surface area contributed by atoms with Gasteiger partial charge in [-0.1, -0.05) is 18.2 Å². The molecule has 3 rings (SSSR count). The summed E-state index contributed by atoms with van der Waals surface area (Å²) in [7, 11) is -3.58. The van der Waals surface area contributed by atoms with E-state index in [2.05, 4.69) is 5.32 Å². The zero-order chi connectivity index (χ0) is 18.0. The van der Waals surface area contributed by atoms with Crippen molar-refractivity contribution in [3.63, 3.8) is 0 Å². The maximum Gasteiger partial charge on any atom is 0.251 e. The Balaban J connectivity index is 0.00000243. The monoisotopic (exact) mass is 395 g/mol. The highest BCUT2D eigenvalue weighted by Gasteiger charge is 2.22. The minimum Gasteiger partial charge on any atom is -0.399 e. The molecule has 0 bridgehead atoms. The van der Waals surface area contributed by atoms with Crippen LogP contribution in [-0.4, -0.2) is 14.3 Å². The van der Waals surface area contributed by atoms with Crippen LogP contribution >= 0.6 is 12.4 Å². The molecule has 0 saturated heterocycles. The first-order valence-electron chi connectivity index (χ1n) is 8.10. The number of nitrogens with two attached hydrogens (primary N) is 2. The molecule has 0 spiro atoms. The molecule has 0 heterocycles. The molecule has 1 aliphatic carbocycles. The first kappa shape index (κ1) is 20.2. The SMILES string of the molecule is Cl.Nc1ccc2c(c1)CCCC2NC(=O)c1ccc(CS(N)(=O)=O)cc1. The molecule has 0 aromatic heterocycles. The van der Waals surface area contributed by atoms with Gasteiger partial charge in [0.25, 0.3) is 5.91 Å². The van der Waals surface area contributed by atoms with Gasteiger partial charge in [-0.2, -0.15) is 0 Å². The van der Waals surface area contributed by atoms with Crippen molar-refractivity contribution in [1.29, 1.82) is 0 Å². The lowest BCUT2D eigenvalue weighted by Gasteiger charge is -2.26. The predicted molar refractivity (Wildman–Crippen MR) is 105 cm³/mol. The van der Waals surface area contributed by atoms with E-state index in [4.69, 9.17) is 10.9 Å². The van der Waals surface area contributed by atoms with Gasteiger partial charge in [0.1, 0.15) is 0 Å². The number of hydrogen-bond donors (Lipinski definition) is 3. The molecule has 6 nitrogen and oxygen atoms in total. The van der Waals surface area contributed by atoms with Crippen LogP contribution in [0.4, 0.5) is 5.69 Å². The number of primary sulfonamides is 1. The van der Waals surface area contributed by atoms with Crippen LogP contribution in [0.25, 0.3) is 0 Å². The molecule has 1 unspecified atom stereocenters. The number of nitrogens with one attached hydrogen (secondary N) is 1. The second-order valence-corrected chi connectivity index (χ2v) is 8.00. The summed E-state index contributed by atoms with van der Waals surface area (Å²) in [5, 5.41) is 8.08. The average molecular weight is 396 g/mol. The number of carbonyl (C=O) groups is 1. The molecule has 0 saturated carbocycles. The van der Waals surface area contributed by atoms with Gasteiger partial charge in [0.2, 0.25) is 10.0 Å². The fraction of sp³-hybridized carbons (Fsp3) is 0.278. The first-order chi connectivity index (χ1) is 11.8. The van der Waals surface area contributed by atoms with Crippen molar-refractivity contribution in [3.8, 4) is 0 Å². The summed E-state index contributed by atoms with van der Waals surface area (Å²) < 4.78 is 22.2. The zero-order valence-electron chi connectivity index (χ0n) is 14.1. The molecular formula is C18H22ClN3O3S. The second kappa shape index (κ2) is 8.07. The van der Waals surface area contributed by atoms with Crippen LogP contribution in [0, 0.1) is 0 Å². The van der Waals surface area contributed by atoms with Crippen LogP contribution in [0.2, 0.25) is 0 Å². The van der Waals surface area contributed by atoms with Crippen molar-refractivity contribution in [2.24, 2.45) is 5.14 Å². The summed E-state index contributed by atoms with van der Waals surface area (Å²) in [6.07, 6.45) is 2.84. The highest BCUT2D eigenvalue weighted by atomic mass is 35.5. The maximum atomic E-state index is 12.5. The molecule has 0 fully saturated rings. The van der Waals surface area contributed by atoms with Crippen LogP contribution in [-0.2, 0) is 22.2 Å². The van der Waals surface area contributed by atoms with Crippen LogP contribution < -0.4 is 16.2 Å². The quantitative estimate of drug-likeness (QED) is 0.688. The topological polar surface area (TPSA) is 115 Å². The third-order valence-electron chi connectivity index (χ3n) is 4.37.